The molecule has 3 aliphatic heterocycles. The highest BCUT2D eigenvalue weighted by molar-refractivity contribution is 5.87. The summed E-state index contributed by atoms with van der Waals surface area (Å²) in [7, 11) is 0. The summed E-state index contributed by atoms with van der Waals surface area (Å²) < 4.78 is 14.6. The third-order valence-corrected chi connectivity index (χ3v) is 6.99. The molecule has 0 bridgehead atoms. The maximum absolute atomic E-state index is 14.6. The number of nitrogens with zero attached hydrogens (tertiary/aromatic N) is 1. The van der Waals surface area contributed by atoms with E-state index in [1.54, 1.807) is 6.92 Å². The monoisotopic (exact) mass is 354 g/mol. The molecule has 6 unspecified atom stereocenters. The van der Waals surface area contributed by atoms with E-state index >= 15 is 0 Å². The molecular weight excluding hydrogens is 323 g/mol. The zero-order chi connectivity index (χ0) is 17.6. The van der Waals surface area contributed by atoms with Crippen LogP contribution in [0.1, 0.15) is 32.6 Å². The summed E-state index contributed by atoms with van der Waals surface area (Å²) in [6.45, 7) is 6.36. The third-order valence-electron chi connectivity index (χ3n) is 6.99. The Morgan fingerprint density at radius 3 is 2.72 bits per heavy atom. The van der Waals surface area contributed by atoms with Crippen molar-refractivity contribution in [2.24, 2.45) is 17.8 Å². The van der Waals surface area contributed by atoms with Crippen LogP contribution in [0.2, 0.25) is 0 Å². The molecule has 1 amide bonds. The van der Waals surface area contributed by atoms with Gasteiger partial charge in [-0.1, -0.05) is 0 Å². The van der Waals surface area contributed by atoms with Gasteiger partial charge in [-0.25, -0.2) is 4.39 Å². The zero-order valence-corrected chi connectivity index (χ0v) is 15.0. The predicted octanol–water partition coefficient (Wildman–Crippen LogP) is -0.169. The van der Waals surface area contributed by atoms with Gasteiger partial charge in [0.15, 0.2) is 0 Å². The number of carbonyl (C=O) groups is 1. The van der Waals surface area contributed by atoms with Crippen LogP contribution in [0.3, 0.4) is 0 Å². The van der Waals surface area contributed by atoms with Crippen LogP contribution in [0.4, 0.5) is 4.39 Å². The number of hydrogen-bond acceptors (Lipinski definition) is 5. The van der Waals surface area contributed by atoms with Crippen molar-refractivity contribution >= 4 is 5.91 Å². The molecule has 0 aromatic carbocycles. The number of piperazine rings is 1. The summed E-state index contributed by atoms with van der Waals surface area (Å²) in [4.78, 5) is 14.6. The maximum Gasteiger partial charge on any atom is 0.253 e. The molecular formula is C18H31FN4O2. The Morgan fingerprint density at radius 2 is 1.96 bits per heavy atom. The fraction of sp³-hybridized carbons (Fsp3) is 0.944. The molecule has 3 saturated heterocycles. The number of carbonyl (C=O) groups excluding carboxylic acids is 1. The Kier molecular flexibility index (Phi) is 4.77. The molecule has 4 aliphatic rings. The molecule has 4 rings (SSSR count). The first-order chi connectivity index (χ1) is 12.0. The fourth-order valence-corrected chi connectivity index (χ4v) is 5.77. The second-order valence-corrected chi connectivity index (χ2v) is 8.54. The van der Waals surface area contributed by atoms with Crippen LogP contribution in [0.5, 0.6) is 0 Å². The van der Waals surface area contributed by atoms with Gasteiger partial charge < -0.3 is 15.7 Å². The summed E-state index contributed by atoms with van der Waals surface area (Å²) in [5.41, 5.74) is -1.36. The average Bonchev–Trinajstić information content (AvgIpc) is 2.84. The van der Waals surface area contributed by atoms with E-state index in [1.165, 1.54) is 0 Å². The highest BCUT2D eigenvalue weighted by Crippen LogP contribution is 2.46. The number of halogens is 1. The summed E-state index contributed by atoms with van der Waals surface area (Å²) in [5.74, 6) is -0.0533. The Labute approximate surface area is 148 Å². The summed E-state index contributed by atoms with van der Waals surface area (Å²) in [5, 5.41) is 20.3. The van der Waals surface area contributed by atoms with Crippen molar-refractivity contribution in [2.75, 3.05) is 32.7 Å². The first-order valence-corrected chi connectivity index (χ1v) is 9.82. The van der Waals surface area contributed by atoms with E-state index in [0.717, 1.165) is 45.6 Å². The molecule has 7 atom stereocenters. The van der Waals surface area contributed by atoms with Gasteiger partial charge in [0.25, 0.3) is 5.91 Å². The SMILES string of the molecule is C[C@]1(O)C(=O)NC2NCCC(C3CC(F)CC(N4CCNCC4)C3)C21. The van der Waals surface area contributed by atoms with Gasteiger partial charge in [-0.3, -0.25) is 15.0 Å². The quantitative estimate of drug-likeness (QED) is 0.554. The van der Waals surface area contributed by atoms with E-state index in [-0.39, 0.29) is 29.8 Å². The van der Waals surface area contributed by atoms with Crippen molar-refractivity contribution in [1.82, 2.24) is 20.9 Å². The largest absolute Gasteiger partial charge is 0.380 e. The lowest BCUT2D eigenvalue weighted by Crippen LogP contribution is -2.56. The molecule has 7 heteroatoms. The van der Waals surface area contributed by atoms with Gasteiger partial charge in [0.2, 0.25) is 0 Å². The molecule has 25 heavy (non-hydrogen) atoms. The molecule has 142 valence electrons. The van der Waals surface area contributed by atoms with E-state index in [4.69, 9.17) is 0 Å². The predicted molar refractivity (Wildman–Crippen MR) is 92.6 cm³/mol. The van der Waals surface area contributed by atoms with Crippen molar-refractivity contribution in [1.29, 1.82) is 0 Å². The van der Waals surface area contributed by atoms with Gasteiger partial charge in [-0.05, 0) is 51.0 Å². The lowest BCUT2D eigenvalue weighted by molar-refractivity contribution is -0.139. The number of aliphatic hydroxyl groups is 1. The molecule has 4 N–H and O–H groups in total. The van der Waals surface area contributed by atoms with Gasteiger partial charge in [-0.2, -0.15) is 0 Å². The highest BCUT2D eigenvalue weighted by atomic mass is 19.1. The van der Waals surface area contributed by atoms with Gasteiger partial charge in [-0.15, -0.1) is 0 Å². The fourth-order valence-electron chi connectivity index (χ4n) is 5.77. The van der Waals surface area contributed by atoms with Crippen molar-refractivity contribution in [3.05, 3.63) is 0 Å². The van der Waals surface area contributed by atoms with Crippen molar-refractivity contribution in [2.45, 2.75) is 56.6 Å². The molecule has 4 fully saturated rings. The first-order valence-electron chi connectivity index (χ1n) is 9.82. The van der Waals surface area contributed by atoms with Gasteiger partial charge >= 0.3 is 0 Å². The number of rotatable bonds is 2. The van der Waals surface area contributed by atoms with Crippen LogP contribution in [0.25, 0.3) is 0 Å². The Balaban J connectivity index is 1.52. The van der Waals surface area contributed by atoms with Gasteiger partial charge in [0.1, 0.15) is 11.8 Å². The van der Waals surface area contributed by atoms with Crippen LogP contribution in [0.15, 0.2) is 0 Å². The number of fused-ring (bicyclic) bond motifs is 1. The second-order valence-electron chi connectivity index (χ2n) is 8.54. The van der Waals surface area contributed by atoms with E-state index < -0.39 is 11.8 Å². The molecule has 6 nitrogen and oxygen atoms in total. The summed E-state index contributed by atoms with van der Waals surface area (Å²) >= 11 is 0. The molecule has 1 aliphatic carbocycles. The number of hydrogen-bond donors (Lipinski definition) is 4. The minimum absolute atomic E-state index is 0.173. The lowest BCUT2D eigenvalue weighted by atomic mass is 9.65. The summed E-state index contributed by atoms with van der Waals surface area (Å²) in [6.07, 6.45) is 2.13. The number of piperidine rings is 1. The normalized spacial score (nSPS) is 48.8. The van der Waals surface area contributed by atoms with E-state index in [1.807, 2.05) is 0 Å². The van der Waals surface area contributed by atoms with Gasteiger partial charge in [0, 0.05) is 38.1 Å². The average molecular weight is 354 g/mol. The Morgan fingerprint density at radius 1 is 1.20 bits per heavy atom. The van der Waals surface area contributed by atoms with Crippen LogP contribution in [0, 0.1) is 17.8 Å². The molecule has 0 radical (unpaired) electrons. The minimum atomic E-state index is -1.36. The van der Waals surface area contributed by atoms with E-state index in [2.05, 4.69) is 20.9 Å². The Hall–Kier alpha value is -0.760. The number of nitrogens with one attached hydrogen (secondary N) is 3. The topological polar surface area (TPSA) is 76.6 Å². The van der Waals surface area contributed by atoms with Gasteiger partial charge in [0.05, 0.1) is 6.17 Å². The minimum Gasteiger partial charge on any atom is -0.380 e. The van der Waals surface area contributed by atoms with E-state index in [9.17, 15) is 14.3 Å². The Bertz CT molecular complexity index is 511. The molecule has 0 aromatic rings. The van der Waals surface area contributed by atoms with Crippen molar-refractivity contribution < 1.29 is 14.3 Å². The molecule has 0 spiro atoms. The smallest absolute Gasteiger partial charge is 0.253 e. The molecule has 0 aromatic heterocycles. The molecule has 1 saturated carbocycles. The maximum atomic E-state index is 14.6. The van der Waals surface area contributed by atoms with Crippen molar-refractivity contribution in [3.63, 3.8) is 0 Å². The zero-order valence-electron chi connectivity index (χ0n) is 15.0. The second kappa shape index (κ2) is 6.76. The first kappa shape index (κ1) is 17.6. The number of amides is 1. The van der Waals surface area contributed by atoms with E-state index in [0.29, 0.717) is 18.9 Å². The van der Waals surface area contributed by atoms with Crippen LogP contribution < -0.4 is 16.0 Å². The third kappa shape index (κ3) is 3.20. The standard InChI is InChI=1S/C18H31FN4O2/c1-18(25)15-14(2-3-21-16(15)22-17(18)24)11-8-12(19)10-13(9-11)23-6-4-20-5-7-23/h11-16,20-21,25H,2-10H2,1H3,(H,22,24)/t11?,12?,13?,14?,15?,16?,18-/m1/s1. The van der Waals surface area contributed by atoms with Crippen LogP contribution in [-0.4, -0.2) is 72.6 Å². The van der Waals surface area contributed by atoms with Crippen LogP contribution in [-0.2, 0) is 4.79 Å². The summed E-state index contributed by atoms with van der Waals surface area (Å²) in [6, 6.07) is 0.291. The van der Waals surface area contributed by atoms with Crippen LogP contribution >= 0.6 is 0 Å². The highest BCUT2D eigenvalue weighted by Gasteiger charge is 2.57. The lowest BCUT2D eigenvalue weighted by Gasteiger charge is -2.47. The van der Waals surface area contributed by atoms with Crippen molar-refractivity contribution in [3.8, 4) is 0 Å². The number of alkyl halides is 1. The molecule has 3 heterocycles.